The van der Waals surface area contributed by atoms with Crippen molar-refractivity contribution >= 4 is 29.9 Å². The molecule has 2 aromatic rings. The number of hydrogen-bond acceptors (Lipinski definition) is 3. The monoisotopic (exact) mass is 513 g/mol. The molecule has 2 aromatic carbocycles. The quantitative estimate of drug-likeness (QED) is 0.363. The van der Waals surface area contributed by atoms with Crippen molar-refractivity contribution in [3.63, 3.8) is 0 Å². The van der Waals surface area contributed by atoms with E-state index >= 15 is 0 Å². The fraction of sp³-hybridized carbons (Fsp3) is 0.409. The van der Waals surface area contributed by atoms with Crippen molar-refractivity contribution in [2.45, 2.75) is 33.1 Å². The average Bonchev–Trinajstić information content (AvgIpc) is 2.72. The maximum Gasteiger partial charge on any atom is 0.194 e. The summed E-state index contributed by atoms with van der Waals surface area (Å²) in [4.78, 5) is 6.94. The lowest BCUT2D eigenvalue weighted by molar-refractivity contribution is -0.00834. The topological polar surface area (TPSA) is 57.1 Å². The molecule has 5 nitrogen and oxygen atoms in total. The number of aryl methyl sites for hydroxylation is 1. The Bertz CT molecular complexity index is 831. The van der Waals surface area contributed by atoms with E-state index in [1.165, 1.54) is 17.2 Å². The van der Waals surface area contributed by atoms with Crippen LogP contribution in [0.4, 0.5) is 4.39 Å². The van der Waals surface area contributed by atoms with E-state index in [0.29, 0.717) is 18.7 Å². The number of aliphatic hydroxyl groups excluding tert-OH is 1. The third-order valence-corrected chi connectivity index (χ3v) is 4.93. The van der Waals surface area contributed by atoms with Gasteiger partial charge in [0.15, 0.2) is 5.96 Å². The molecule has 1 saturated heterocycles. The van der Waals surface area contributed by atoms with Gasteiger partial charge in [-0.15, -0.1) is 24.0 Å². The van der Waals surface area contributed by atoms with Gasteiger partial charge in [-0.2, -0.15) is 0 Å². The molecule has 0 aromatic heterocycles. The molecule has 1 aliphatic rings. The van der Waals surface area contributed by atoms with E-state index in [1.54, 1.807) is 12.1 Å². The van der Waals surface area contributed by atoms with Crippen LogP contribution in [0.5, 0.6) is 0 Å². The maximum atomic E-state index is 13.6. The molecule has 0 aliphatic carbocycles. The smallest absolute Gasteiger partial charge is 0.194 e. The van der Waals surface area contributed by atoms with Gasteiger partial charge in [0.25, 0.3) is 0 Å². The molecule has 1 aliphatic heterocycles. The first kappa shape index (κ1) is 23.6. The Morgan fingerprint density at radius 3 is 2.83 bits per heavy atom. The van der Waals surface area contributed by atoms with Gasteiger partial charge in [-0.3, -0.25) is 0 Å². The molecular weight excluding hydrogens is 484 g/mol. The van der Waals surface area contributed by atoms with Crippen LogP contribution in [0.1, 0.15) is 35.3 Å². The Labute approximate surface area is 189 Å². The first-order valence-electron chi connectivity index (χ1n) is 9.71. The summed E-state index contributed by atoms with van der Waals surface area (Å²) < 4.78 is 19.6. The van der Waals surface area contributed by atoms with Gasteiger partial charge < -0.3 is 20.1 Å². The molecule has 158 valence electrons. The summed E-state index contributed by atoms with van der Waals surface area (Å²) in [5, 5.41) is 12.6. The lowest BCUT2D eigenvalue weighted by atomic mass is 10.0. The number of aliphatic imine (C=N–C) groups is 1. The van der Waals surface area contributed by atoms with Gasteiger partial charge in [0.05, 0.1) is 26.3 Å². The molecule has 1 unspecified atom stereocenters. The summed E-state index contributed by atoms with van der Waals surface area (Å²) >= 11 is 0. The number of nitrogens with zero attached hydrogens (tertiary/aromatic N) is 2. The summed E-state index contributed by atoms with van der Waals surface area (Å²) in [5.41, 5.74) is 3.58. The highest BCUT2D eigenvalue weighted by Gasteiger charge is 2.25. The predicted octanol–water partition coefficient (Wildman–Crippen LogP) is 3.78. The summed E-state index contributed by atoms with van der Waals surface area (Å²) in [5.74, 6) is 0.427. The van der Waals surface area contributed by atoms with Crippen LogP contribution in [0.2, 0.25) is 0 Å². The number of halogens is 2. The van der Waals surface area contributed by atoms with E-state index in [4.69, 9.17) is 9.73 Å². The molecule has 3 rings (SSSR count). The van der Waals surface area contributed by atoms with Crippen LogP contribution in [0.15, 0.2) is 47.5 Å². The standard InChI is InChI=1S/C22H28FN3O2.HI/c1-3-24-22(25-13-17-8-9-20(23)18(12-17)15-27)26-10-11-28-21(14-26)19-7-5-4-6-16(19)2;/h4-9,12,21,27H,3,10-11,13-15H2,1-2H3,(H,24,25);1H. The molecule has 0 bridgehead atoms. The highest BCUT2D eigenvalue weighted by Crippen LogP contribution is 2.25. The normalized spacial score (nSPS) is 17.0. The molecule has 0 amide bonds. The van der Waals surface area contributed by atoms with E-state index in [0.717, 1.165) is 31.2 Å². The minimum absolute atomic E-state index is 0. The highest BCUT2D eigenvalue weighted by atomic mass is 127. The highest BCUT2D eigenvalue weighted by molar-refractivity contribution is 14.0. The van der Waals surface area contributed by atoms with E-state index in [1.807, 2.05) is 19.1 Å². The van der Waals surface area contributed by atoms with Gasteiger partial charge in [0.2, 0.25) is 0 Å². The molecule has 0 saturated carbocycles. The van der Waals surface area contributed by atoms with E-state index < -0.39 is 5.82 Å². The predicted molar refractivity (Wildman–Crippen MR) is 124 cm³/mol. The molecule has 1 heterocycles. The Balaban J connectivity index is 0.00000300. The van der Waals surface area contributed by atoms with Crippen LogP contribution in [0, 0.1) is 12.7 Å². The zero-order chi connectivity index (χ0) is 19.9. The van der Waals surface area contributed by atoms with Crippen molar-refractivity contribution in [3.05, 3.63) is 70.5 Å². The number of nitrogens with one attached hydrogen (secondary N) is 1. The van der Waals surface area contributed by atoms with Gasteiger partial charge in [-0.25, -0.2) is 9.38 Å². The molecule has 0 radical (unpaired) electrons. The number of hydrogen-bond donors (Lipinski definition) is 2. The fourth-order valence-electron chi connectivity index (χ4n) is 3.42. The lowest BCUT2D eigenvalue weighted by Gasteiger charge is -2.35. The first-order valence-corrected chi connectivity index (χ1v) is 9.71. The van der Waals surface area contributed by atoms with Crippen molar-refractivity contribution in [2.24, 2.45) is 4.99 Å². The first-order chi connectivity index (χ1) is 13.6. The molecule has 29 heavy (non-hydrogen) atoms. The van der Waals surface area contributed by atoms with Gasteiger partial charge >= 0.3 is 0 Å². The van der Waals surface area contributed by atoms with Crippen LogP contribution in [-0.4, -0.2) is 42.2 Å². The molecule has 7 heteroatoms. The number of guanidine groups is 1. The summed E-state index contributed by atoms with van der Waals surface area (Å²) in [6.07, 6.45) is 0.00520. The maximum absolute atomic E-state index is 13.6. The molecule has 0 spiro atoms. The minimum Gasteiger partial charge on any atom is -0.392 e. The van der Waals surface area contributed by atoms with Gasteiger partial charge in [-0.05, 0) is 42.7 Å². The minimum atomic E-state index is -0.392. The second-order valence-corrected chi connectivity index (χ2v) is 6.92. The SMILES string of the molecule is CCNC(=NCc1ccc(F)c(CO)c1)N1CCOC(c2ccccc2C)C1.I. The fourth-order valence-corrected chi connectivity index (χ4v) is 3.42. The number of benzene rings is 2. The molecule has 2 N–H and O–H groups in total. The Kier molecular flexibility index (Phi) is 9.32. The van der Waals surface area contributed by atoms with Gasteiger partial charge in [-0.1, -0.05) is 30.3 Å². The zero-order valence-electron chi connectivity index (χ0n) is 16.9. The number of ether oxygens (including phenoxy) is 1. The van der Waals surface area contributed by atoms with E-state index in [-0.39, 0.29) is 36.7 Å². The number of aliphatic hydroxyl groups is 1. The third-order valence-electron chi connectivity index (χ3n) is 4.93. The van der Waals surface area contributed by atoms with Crippen LogP contribution < -0.4 is 5.32 Å². The van der Waals surface area contributed by atoms with Gasteiger partial charge in [0.1, 0.15) is 11.9 Å². The van der Waals surface area contributed by atoms with Crippen LogP contribution in [0.25, 0.3) is 0 Å². The van der Waals surface area contributed by atoms with Crippen LogP contribution in [-0.2, 0) is 17.9 Å². The van der Waals surface area contributed by atoms with Gasteiger partial charge in [0, 0.05) is 18.7 Å². The lowest BCUT2D eigenvalue weighted by Crippen LogP contribution is -2.48. The van der Waals surface area contributed by atoms with E-state index in [9.17, 15) is 9.50 Å². The second-order valence-electron chi connectivity index (χ2n) is 6.92. The average molecular weight is 513 g/mol. The molecule has 1 fully saturated rings. The largest absolute Gasteiger partial charge is 0.392 e. The van der Waals surface area contributed by atoms with Crippen molar-refractivity contribution in [1.82, 2.24) is 10.2 Å². The Morgan fingerprint density at radius 2 is 2.10 bits per heavy atom. The molecular formula is C22H29FIN3O2. The zero-order valence-corrected chi connectivity index (χ0v) is 19.2. The Morgan fingerprint density at radius 1 is 1.31 bits per heavy atom. The van der Waals surface area contributed by atoms with Crippen molar-refractivity contribution in [2.75, 3.05) is 26.2 Å². The summed E-state index contributed by atoms with van der Waals surface area (Å²) in [7, 11) is 0. The van der Waals surface area contributed by atoms with Crippen molar-refractivity contribution < 1.29 is 14.2 Å². The number of morpholine rings is 1. The summed E-state index contributed by atoms with van der Waals surface area (Å²) in [6.45, 7) is 7.13. The van der Waals surface area contributed by atoms with Crippen molar-refractivity contribution in [1.29, 1.82) is 0 Å². The Hall–Kier alpha value is -1.71. The van der Waals surface area contributed by atoms with Crippen molar-refractivity contribution in [3.8, 4) is 0 Å². The second kappa shape index (κ2) is 11.5. The third kappa shape index (κ3) is 6.13. The summed E-state index contributed by atoms with van der Waals surface area (Å²) in [6, 6.07) is 13.0. The van der Waals surface area contributed by atoms with Crippen LogP contribution >= 0.6 is 24.0 Å². The number of rotatable bonds is 5. The van der Waals surface area contributed by atoms with Crippen LogP contribution in [0.3, 0.4) is 0 Å². The van der Waals surface area contributed by atoms with E-state index in [2.05, 4.69) is 29.3 Å². The molecule has 1 atom stereocenters.